The summed E-state index contributed by atoms with van der Waals surface area (Å²) < 4.78 is 34.5. The standard InChI is InChI=1S/C20H21N5O4S2/c1-25-11-2-3-17(25)24-31(27,28)16-6-4-15(5-7-16)21-18(26)8-9-19-22-23-20(29-19)14-10-12-30-13-14/h4-7,10,12-13H,2-3,8-9,11H2,1H3,(H,21,26)/b24-17+. The Morgan fingerprint density at radius 3 is 2.74 bits per heavy atom. The van der Waals surface area contributed by atoms with Crippen molar-refractivity contribution in [3.05, 3.63) is 47.0 Å². The molecule has 4 rings (SSSR count). The first-order valence-corrected chi connectivity index (χ1v) is 12.1. The number of benzene rings is 1. The van der Waals surface area contributed by atoms with E-state index >= 15 is 0 Å². The highest BCUT2D eigenvalue weighted by Crippen LogP contribution is 2.21. The van der Waals surface area contributed by atoms with Crippen LogP contribution in [0, 0.1) is 0 Å². The van der Waals surface area contributed by atoms with Crippen molar-refractivity contribution >= 4 is 38.8 Å². The average Bonchev–Trinajstić information content (AvgIpc) is 3.49. The molecule has 11 heteroatoms. The predicted molar refractivity (Wildman–Crippen MR) is 117 cm³/mol. The topological polar surface area (TPSA) is 118 Å². The van der Waals surface area contributed by atoms with Gasteiger partial charge in [0.05, 0.1) is 4.90 Å². The summed E-state index contributed by atoms with van der Waals surface area (Å²) in [5.74, 6) is 1.15. The molecule has 162 valence electrons. The fraction of sp³-hybridized carbons (Fsp3) is 0.300. The number of hydrogen-bond acceptors (Lipinski definition) is 7. The maximum atomic E-state index is 12.5. The van der Waals surface area contributed by atoms with Crippen LogP contribution in [0.5, 0.6) is 0 Å². The van der Waals surface area contributed by atoms with Crippen molar-refractivity contribution in [2.75, 3.05) is 18.9 Å². The highest BCUT2D eigenvalue weighted by molar-refractivity contribution is 7.90. The Balaban J connectivity index is 1.33. The smallest absolute Gasteiger partial charge is 0.283 e. The minimum absolute atomic E-state index is 0.0881. The van der Waals surface area contributed by atoms with Gasteiger partial charge in [0.25, 0.3) is 10.0 Å². The molecule has 3 aromatic rings. The molecule has 1 saturated heterocycles. The third-order valence-corrected chi connectivity index (χ3v) is 6.80. The number of aryl methyl sites for hydroxylation is 1. The average molecular weight is 460 g/mol. The van der Waals surface area contributed by atoms with E-state index in [1.165, 1.54) is 23.5 Å². The molecule has 1 fully saturated rings. The van der Waals surface area contributed by atoms with Crippen molar-refractivity contribution in [1.82, 2.24) is 15.1 Å². The van der Waals surface area contributed by atoms with Gasteiger partial charge in [0.2, 0.25) is 17.7 Å². The van der Waals surface area contributed by atoms with E-state index in [4.69, 9.17) is 4.42 Å². The number of amides is 1. The number of carbonyl (C=O) groups is 1. The summed E-state index contributed by atoms with van der Waals surface area (Å²) in [7, 11) is -1.95. The second-order valence-corrected chi connectivity index (χ2v) is 9.48. The molecule has 0 radical (unpaired) electrons. The number of sulfonamides is 1. The first kappa shape index (κ1) is 21.2. The van der Waals surface area contributed by atoms with Gasteiger partial charge in [-0.05, 0) is 42.1 Å². The van der Waals surface area contributed by atoms with Crippen LogP contribution in [0.25, 0.3) is 11.5 Å². The molecule has 0 saturated carbocycles. The molecule has 0 spiro atoms. The lowest BCUT2D eigenvalue weighted by molar-refractivity contribution is -0.116. The lowest BCUT2D eigenvalue weighted by Gasteiger charge is -2.11. The number of aromatic nitrogens is 2. The Morgan fingerprint density at radius 2 is 2.06 bits per heavy atom. The van der Waals surface area contributed by atoms with Gasteiger partial charge >= 0.3 is 0 Å². The van der Waals surface area contributed by atoms with Gasteiger partial charge in [0.15, 0.2) is 0 Å². The van der Waals surface area contributed by atoms with E-state index in [1.54, 1.807) is 12.1 Å². The van der Waals surface area contributed by atoms with Gasteiger partial charge in [0, 0.05) is 49.5 Å². The number of amidine groups is 1. The maximum absolute atomic E-state index is 12.5. The quantitative estimate of drug-likeness (QED) is 0.576. The highest BCUT2D eigenvalue weighted by Gasteiger charge is 2.20. The zero-order valence-electron chi connectivity index (χ0n) is 16.8. The summed E-state index contributed by atoms with van der Waals surface area (Å²) in [5.41, 5.74) is 1.35. The van der Waals surface area contributed by atoms with Crippen molar-refractivity contribution in [3.63, 3.8) is 0 Å². The van der Waals surface area contributed by atoms with E-state index in [0.717, 1.165) is 18.5 Å². The van der Waals surface area contributed by atoms with Gasteiger partial charge in [-0.25, -0.2) is 0 Å². The minimum atomic E-state index is -3.78. The van der Waals surface area contributed by atoms with E-state index in [0.29, 0.717) is 36.1 Å². The summed E-state index contributed by atoms with van der Waals surface area (Å²) in [6, 6.07) is 7.86. The van der Waals surface area contributed by atoms with E-state index < -0.39 is 10.0 Å². The molecule has 1 aromatic carbocycles. The summed E-state index contributed by atoms with van der Waals surface area (Å²) in [6.45, 7) is 0.804. The third kappa shape index (κ3) is 5.17. The molecular weight excluding hydrogens is 438 g/mol. The molecule has 1 N–H and O–H groups in total. The van der Waals surface area contributed by atoms with Crippen molar-refractivity contribution in [2.45, 2.75) is 30.6 Å². The number of likely N-dealkylation sites (tertiary alicyclic amines) is 1. The van der Waals surface area contributed by atoms with Crippen LogP contribution >= 0.6 is 11.3 Å². The summed E-state index contributed by atoms with van der Waals surface area (Å²) >= 11 is 1.53. The largest absolute Gasteiger partial charge is 0.421 e. The normalized spacial score (nSPS) is 15.5. The van der Waals surface area contributed by atoms with Gasteiger partial charge < -0.3 is 14.6 Å². The van der Waals surface area contributed by atoms with Gasteiger partial charge in [-0.3, -0.25) is 4.79 Å². The Labute approximate surface area is 183 Å². The SMILES string of the molecule is CN1CCC/C1=N\S(=O)(=O)c1ccc(NC(=O)CCc2nnc(-c3ccsc3)o2)cc1. The molecule has 3 heterocycles. The minimum Gasteiger partial charge on any atom is -0.421 e. The monoisotopic (exact) mass is 459 g/mol. The summed E-state index contributed by atoms with van der Waals surface area (Å²) in [6.07, 6.45) is 2.01. The van der Waals surface area contributed by atoms with E-state index in [9.17, 15) is 13.2 Å². The van der Waals surface area contributed by atoms with Gasteiger partial charge in [-0.15, -0.1) is 14.6 Å². The number of nitrogens with one attached hydrogen (secondary N) is 1. The van der Waals surface area contributed by atoms with Crippen LogP contribution in [0.3, 0.4) is 0 Å². The van der Waals surface area contributed by atoms with E-state index in [1.807, 2.05) is 28.8 Å². The molecule has 2 aromatic heterocycles. The molecule has 0 atom stereocenters. The number of rotatable bonds is 7. The molecule has 9 nitrogen and oxygen atoms in total. The molecule has 0 aliphatic carbocycles. The second-order valence-electron chi connectivity index (χ2n) is 7.09. The van der Waals surface area contributed by atoms with Crippen molar-refractivity contribution in [3.8, 4) is 11.5 Å². The van der Waals surface area contributed by atoms with Gasteiger partial charge in [0.1, 0.15) is 5.84 Å². The third-order valence-electron chi connectivity index (χ3n) is 4.80. The van der Waals surface area contributed by atoms with Crippen molar-refractivity contribution < 1.29 is 17.6 Å². The highest BCUT2D eigenvalue weighted by atomic mass is 32.2. The maximum Gasteiger partial charge on any atom is 0.283 e. The number of thiophene rings is 1. The lowest BCUT2D eigenvalue weighted by atomic mass is 10.2. The Kier molecular flexibility index (Phi) is 6.14. The Bertz CT molecular complexity index is 1180. The van der Waals surface area contributed by atoms with Crippen LogP contribution < -0.4 is 5.32 Å². The Hall–Kier alpha value is -3.05. The molecule has 31 heavy (non-hydrogen) atoms. The number of anilines is 1. The zero-order valence-corrected chi connectivity index (χ0v) is 18.4. The summed E-state index contributed by atoms with van der Waals surface area (Å²) in [5, 5.41) is 14.5. The van der Waals surface area contributed by atoms with E-state index in [-0.39, 0.29) is 17.2 Å². The fourth-order valence-electron chi connectivity index (χ4n) is 3.11. The first-order valence-electron chi connectivity index (χ1n) is 9.70. The number of carbonyl (C=O) groups excluding carboxylic acids is 1. The van der Waals surface area contributed by atoms with Gasteiger partial charge in [-0.2, -0.15) is 19.8 Å². The number of nitrogens with zero attached hydrogens (tertiary/aromatic N) is 4. The molecule has 0 bridgehead atoms. The van der Waals surface area contributed by atoms with Crippen molar-refractivity contribution in [2.24, 2.45) is 4.40 Å². The van der Waals surface area contributed by atoms with Crippen molar-refractivity contribution in [1.29, 1.82) is 0 Å². The lowest BCUT2D eigenvalue weighted by Crippen LogP contribution is -2.20. The first-order chi connectivity index (χ1) is 14.9. The van der Waals surface area contributed by atoms with E-state index in [2.05, 4.69) is 19.9 Å². The zero-order chi connectivity index (χ0) is 21.8. The van der Waals surface area contributed by atoms with Crippen LogP contribution in [0.4, 0.5) is 5.69 Å². The van der Waals surface area contributed by atoms with Crippen LogP contribution in [0.2, 0.25) is 0 Å². The molecule has 0 unspecified atom stereocenters. The van der Waals surface area contributed by atoms with Crippen LogP contribution in [0.1, 0.15) is 25.2 Å². The Morgan fingerprint density at radius 1 is 1.26 bits per heavy atom. The van der Waals surface area contributed by atoms with Gasteiger partial charge in [-0.1, -0.05) is 0 Å². The predicted octanol–water partition coefficient (Wildman–Crippen LogP) is 3.18. The molecular formula is C20H21N5O4S2. The molecule has 1 aliphatic heterocycles. The fourth-order valence-corrected chi connectivity index (χ4v) is 4.84. The second kappa shape index (κ2) is 8.98. The van der Waals surface area contributed by atoms with Crippen LogP contribution in [-0.2, 0) is 21.2 Å². The van der Waals surface area contributed by atoms with Crippen LogP contribution in [0.15, 0.2) is 54.8 Å². The molecule has 1 amide bonds. The molecule has 1 aliphatic rings. The van der Waals surface area contributed by atoms with Crippen LogP contribution in [-0.4, -0.2) is 48.9 Å². The number of hydrogen-bond donors (Lipinski definition) is 1. The summed E-state index contributed by atoms with van der Waals surface area (Å²) in [4.78, 5) is 14.2.